The number of methoxy groups -OCH3 is 2. The maximum atomic E-state index is 15.5. The first kappa shape index (κ1) is 28.2. The topological polar surface area (TPSA) is 192 Å². The maximum absolute atomic E-state index is 15.5. The lowest BCUT2D eigenvalue weighted by Crippen LogP contribution is -2.38. The van der Waals surface area contributed by atoms with Gasteiger partial charge in [-0.15, -0.1) is 0 Å². The van der Waals surface area contributed by atoms with Crippen LogP contribution in [-0.2, 0) is 4.79 Å². The summed E-state index contributed by atoms with van der Waals surface area (Å²) in [5.74, 6) is -1.21. The van der Waals surface area contributed by atoms with Crippen molar-refractivity contribution in [2.75, 3.05) is 19.5 Å². The summed E-state index contributed by atoms with van der Waals surface area (Å²) in [7, 11) is 2.77. The van der Waals surface area contributed by atoms with Gasteiger partial charge in [0.2, 0.25) is 0 Å². The van der Waals surface area contributed by atoms with E-state index in [9.17, 15) is 10.0 Å². The van der Waals surface area contributed by atoms with Gasteiger partial charge in [-0.25, -0.2) is 9.18 Å². The van der Waals surface area contributed by atoms with Gasteiger partial charge in [-0.2, -0.15) is 0 Å². The van der Waals surface area contributed by atoms with E-state index in [0.29, 0.717) is 17.0 Å². The molecule has 0 fully saturated rings. The molecular formula is C25H27FN7O6+. The Kier molecular flexibility index (Phi) is 8.83. The second-order valence-electron chi connectivity index (χ2n) is 7.95. The summed E-state index contributed by atoms with van der Waals surface area (Å²) in [5, 5.41) is 32.6. The Balaban J connectivity index is 0.000000983. The number of rotatable bonds is 8. The number of hydrogen-bond donors (Lipinski definition) is 6. The normalized spacial score (nSPS) is 11.1. The van der Waals surface area contributed by atoms with Gasteiger partial charge in [0.05, 0.1) is 14.2 Å². The van der Waals surface area contributed by atoms with Crippen LogP contribution in [0, 0.1) is 11.2 Å². The second-order valence-corrected chi connectivity index (χ2v) is 7.95. The first-order valence-corrected chi connectivity index (χ1v) is 11.3. The number of aromatic nitrogens is 4. The number of nitrogen functional groups attached to an aromatic ring is 1. The molecule has 7 N–H and O–H groups in total. The van der Waals surface area contributed by atoms with Gasteiger partial charge in [-0.3, -0.25) is 15.2 Å². The second kappa shape index (κ2) is 12.2. The fourth-order valence-electron chi connectivity index (χ4n) is 3.49. The molecule has 0 radical (unpaired) electrons. The quantitative estimate of drug-likeness (QED) is 0.0837. The van der Waals surface area contributed by atoms with Gasteiger partial charge >= 0.3 is 11.5 Å². The summed E-state index contributed by atoms with van der Waals surface area (Å²) in [6.45, 7) is 1.08. The predicted molar refractivity (Wildman–Crippen MR) is 137 cm³/mol. The highest BCUT2D eigenvalue weighted by atomic mass is 19.1. The molecule has 13 nitrogen and oxygen atoms in total. The highest BCUT2D eigenvalue weighted by Crippen LogP contribution is 2.34. The van der Waals surface area contributed by atoms with E-state index in [1.54, 1.807) is 36.4 Å². The molecule has 2 aromatic heterocycles. The third-order valence-electron chi connectivity index (χ3n) is 5.26. The van der Waals surface area contributed by atoms with Crippen molar-refractivity contribution in [3.63, 3.8) is 0 Å². The smallest absolute Gasteiger partial charge is 0.440 e. The van der Waals surface area contributed by atoms with Crippen LogP contribution < -0.4 is 30.9 Å². The molecule has 1 unspecified atom stereocenters. The van der Waals surface area contributed by atoms with Gasteiger partial charge in [0.1, 0.15) is 23.8 Å². The Hall–Kier alpha value is -5.40. The Morgan fingerprint density at radius 2 is 1.87 bits per heavy atom. The van der Waals surface area contributed by atoms with E-state index < -0.39 is 23.5 Å². The van der Waals surface area contributed by atoms with Crippen molar-refractivity contribution < 1.29 is 33.7 Å². The molecule has 0 aliphatic carbocycles. The minimum absolute atomic E-state index is 0.0590. The number of pyridine rings is 1. The summed E-state index contributed by atoms with van der Waals surface area (Å²) in [5.41, 5.74) is 6.01. The number of halogens is 1. The number of amidine groups is 1. The standard InChI is InChI=1S/C23H22FN7O4.C2H4O2/c1-34-15-11-16(19(24)17(12-15)35-2)20(27-14-8-6-13(7-9-14)21(25)26)22-28-23(32)31(29-22)18-5-3-4-10-30(18)33;1-2(3)4/h3-12,20H,1-2H3,(H5-,25,26,27,28,29,32,33);1H3,(H,3,4)/p+1. The van der Waals surface area contributed by atoms with Crippen LogP contribution in [-0.4, -0.2) is 51.1 Å². The fraction of sp³-hybridized carbons (Fsp3) is 0.160. The van der Waals surface area contributed by atoms with Gasteiger partial charge < -0.3 is 30.8 Å². The van der Waals surface area contributed by atoms with Gasteiger partial charge in [-0.05, 0) is 45.8 Å². The first-order chi connectivity index (χ1) is 18.5. The molecule has 2 heterocycles. The SMILES string of the molecule is CC(=O)O.COc1cc(OC)c(F)c(C(Nc2ccc(C(=N)N)cc2)c2nn(-c3cccc[n+]3O)c(=O)[nH]2)c1. The molecule has 2 aromatic carbocycles. The van der Waals surface area contributed by atoms with Crippen LogP contribution in [0.2, 0.25) is 0 Å². The Labute approximate surface area is 221 Å². The van der Waals surface area contributed by atoms with Crippen molar-refractivity contribution in [1.82, 2.24) is 14.8 Å². The number of aromatic amines is 1. The van der Waals surface area contributed by atoms with Crippen LogP contribution in [0.3, 0.4) is 0 Å². The van der Waals surface area contributed by atoms with Crippen LogP contribution in [0.1, 0.15) is 29.9 Å². The average Bonchev–Trinajstić information content (AvgIpc) is 3.28. The number of H-pyrrole nitrogens is 1. The van der Waals surface area contributed by atoms with Gasteiger partial charge in [-0.1, -0.05) is 11.2 Å². The lowest BCUT2D eigenvalue weighted by atomic mass is 10.0. The first-order valence-electron chi connectivity index (χ1n) is 11.3. The Morgan fingerprint density at radius 3 is 2.44 bits per heavy atom. The molecule has 1 atom stereocenters. The van der Waals surface area contributed by atoms with E-state index in [-0.39, 0.29) is 28.8 Å². The summed E-state index contributed by atoms with van der Waals surface area (Å²) in [4.78, 5) is 24.4. The molecule has 0 bridgehead atoms. The Morgan fingerprint density at radius 1 is 1.21 bits per heavy atom. The zero-order chi connectivity index (χ0) is 28.7. The number of benzene rings is 2. The van der Waals surface area contributed by atoms with Crippen LogP contribution in [0.4, 0.5) is 10.1 Å². The zero-order valence-corrected chi connectivity index (χ0v) is 21.2. The number of anilines is 1. The lowest BCUT2D eigenvalue weighted by molar-refractivity contribution is -0.899. The zero-order valence-electron chi connectivity index (χ0n) is 21.2. The van der Waals surface area contributed by atoms with E-state index in [1.165, 1.54) is 38.6 Å². The van der Waals surface area contributed by atoms with Crippen LogP contribution >= 0.6 is 0 Å². The number of nitrogens with two attached hydrogens (primary N) is 1. The number of carboxylic acid groups (broad SMARTS) is 1. The number of aliphatic carboxylic acids is 1. The van der Waals surface area contributed by atoms with E-state index in [1.807, 2.05) is 0 Å². The number of nitrogens with one attached hydrogen (secondary N) is 3. The fourth-order valence-corrected chi connectivity index (χ4v) is 3.49. The van der Waals surface area contributed by atoms with Crippen molar-refractivity contribution >= 4 is 17.5 Å². The Bertz CT molecular complexity index is 1530. The van der Waals surface area contributed by atoms with E-state index in [0.717, 1.165) is 16.3 Å². The van der Waals surface area contributed by atoms with Crippen molar-refractivity contribution in [3.05, 3.63) is 94.0 Å². The van der Waals surface area contributed by atoms with E-state index >= 15 is 4.39 Å². The minimum Gasteiger partial charge on any atom is -0.497 e. The van der Waals surface area contributed by atoms with Crippen LogP contribution in [0.15, 0.2) is 65.6 Å². The molecule has 4 aromatic rings. The van der Waals surface area contributed by atoms with Crippen molar-refractivity contribution in [3.8, 4) is 17.3 Å². The van der Waals surface area contributed by atoms with E-state index in [2.05, 4.69) is 15.4 Å². The average molecular weight is 541 g/mol. The predicted octanol–water partition coefficient (Wildman–Crippen LogP) is 1.82. The van der Waals surface area contributed by atoms with Crippen molar-refractivity contribution in [1.29, 1.82) is 5.41 Å². The molecule has 0 saturated carbocycles. The molecular weight excluding hydrogens is 513 g/mol. The molecule has 0 amide bonds. The van der Waals surface area contributed by atoms with Crippen molar-refractivity contribution in [2.45, 2.75) is 13.0 Å². The minimum atomic E-state index is -1.01. The molecule has 0 saturated heterocycles. The van der Waals surface area contributed by atoms with Crippen LogP contribution in [0.5, 0.6) is 11.5 Å². The molecule has 39 heavy (non-hydrogen) atoms. The highest BCUT2D eigenvalue weighted by Gasteiger charge is 2.29. The largest absolute Gasteiger partial charge is 0.497 e. The number of ether oxygens (including phenoxy) is 2. The molecule has 0 aliphatic heterocycles. The maximum Gasteiger partial charge on any atom is 0.440 e. The van der Waals surface area contributed by atoms with Gasteiger partial charge in [0, 0.05) is 35.9 Å². The van der Waals surface area contributed by atoms with Crippen LogP contribution in [0.25, 0.3) is 5.82 Å². The van der Waals surface area contributed by atoms with Gasteiger partial charge in [0.25, 0.3) is 5.97 Å². The number of carbonyl (C=O) groups is 1. The summed E-state index contributed by atoms with van der Waals surface area (Å²) < 4.78 is 27.6. The molecule has 0 spiro atoms. The number of carboxylic acids is 1. The van der Waals surface area contributed by atoms with Gasteiger partial charge in [0.15, 0.2) is 17.4 Å². The molecule has 204 valence electrons. The van der Waals surface area contributed by atoms with E-state index in [4.69, 9.17) is 30.5 Å². The summed E-state index contributed by atoms with van der Waals surface area (Å²) >= 11 is 0. The third kappa shape index (κ3) is 6.68. The summed E-state index contributed by atoms with van der Waals surface area (Å²) in [6.07, 6.45) is 1.34. The lowest BCUT2D eigenvalue weighted by Gasteiger charge is -2.20. The third-order valence-corrected chi connectivity index (χ3v) is 5.26. The highest BCUT2D eigenvalue weighted by molar-refractivity contribution is 5.95. The number of nitrogens with zero attached hydrogens (tertiary/aromatic N) is 3. The number of hydrogen-bond acceptors (Lipinski definition) is 8. The monoisotopic (exact) mass is 540 g/mol. The molecule has 14 heteroatoms. The molecule has 0 aliphatic rings. The van der Waals surface area contributed by atoms with Crippen molar-refractivity contribution in [2.24, 2.45) is 5.73 Å². The molecule has 4 rings (SSSR count). The summed E-state index contributed by atoms with van der Waals surface area (Å²) in [6, 6.07) is 13.1.